The van der Waals surface area contributed by atoms with Crippen LogP contribution in [0, 0.1) is 11.3 Å². The smallest absolute Gasteiger partial charge is 0.267 e. The van der Waals surface area contributed by atoms with Crippen molar-refractivity contribution in [3.05, 3.63) is 66.4 Å². The summed E-state index contributed by atoms with van der Waals surface area (Å²) in [5.41, 5.74) is 1.91. The van der Waals surface area contributed by atoms with E-state index in [9.17, 15) is 9.59 Å². The third-order valence-electron chi connectivity index (χ3n) is 2.99. The zero-order valence-electron chi connectivity index (χ0n) is 13.0. The summed E-state index contributed by atoms with van der Waals surface area (Å²) in [6.07, 6.45) is 1.34. The number of amides is 2. The molecule has 2 amide bonds. The van der Waals surface area contributed by atoms with E-state index in [0.717, 1.165) is 0 Å². The van der Waals surface area contributed by atoms with Gasteiger partial charge in [0.15, 0.2) is 0 Å². The molecule has 6 nitrogen and oxygen atoms in total. The Labute approximate surface area is 139 Å². The first kappa shape index (κ1) is 16.8. The fraction of sp³-hybridized carbons (Fsp3) is 0.0556. The Bertz CT molecular complexity index is 790. The molecule has 6 heteroatoms. The molecule has 0 atom stereocenters. The summed E-state index contributed by atoms with van der Waals surface area (Å²) in [5.74, 6) is -0.647. The number of carbonyl (C=O) groups is 2. The Hall–Kier alpha value is -3.59. The predicted octanol–water partition coefficient (Wildman–Crippen LogP) is 3.10. The molecule has 0 saturated carbocycles. The molecule has 0 unspecified atom stereocenters. The maximum Gasteiger partial charge on any atom is 0.267 e. The number of nitriles is 1. The van der Waals surface area contributed by atoms with Crippen molar-refractivity contribution in [1.29, 1.82) is 5.26 Å². The van der Waals surface area contributed by atoms with Gasteiger partial charge in [-0.2, -0.15) is 5.26 Å². The minimum atomic E-state index is -0.494. The second-order valence-corrected chi connectivity index (χ2v) is 4.89. The van der Waals surface area contributed by atoms with Gasteiger partial charge in [-0.25, -0.2) is 0 Å². The van der Waals surface area contributed by atoms with Gasteiger partial charge in [-0.3, -0.25) is 9.59 Å². The van der Waals surface area contributed by atoms with Crippen LogP contribution in [0.25, 0.3) is 0 Å². The molecule has 0 saturated heterocycles. The van der Waals surface area contributed by atoms with E-state index < -0.39 is 5.91 Å². The van der Waals surface area contributed by atoms with Crippen molar-refractivity contribution in [2.45, 2.75) is 6.92 Å². The summed E-state index contributed by atoms with van der Waals surface area (Å²) in [6.45, 7) is 1.43. The van der Waals surface area contributed by atoms with Gasteiger partial charge < -0.3 is 16.0 Å². The fourth-order valence-corrected chi connectivity index (χ4v) is 1.88. The van der Waals surface area contributed by atoms with Gasteiger partial charge in [-0.1, -0.05) is 18.2 Å². The molecular weight excluding hydrogens is 304 g/mol. The van der Waals surface area contributed by atoms with Crippen molar-refractivity contribution in [1.82, 2.24) is 0 Å². The number of carbonyl (C=O) groups excluding carboxylic acids is 2. The molecule has 0 radical (unpaired) electrons. The van der Waals surface area contributed by atoms with E-state index in [0.29, 0.717) is 17.1 Å². The van der Waals surface area contributed by atoms with Crippen LogP contribution in [0.3, 0.4) is 0 Å². The molecule has 2 aromatic carbocycles. The monoisotopic (exact) mass is 320 g/mol. The van der Waals surface area contributed by atoms with Crippen molar-refractivity contribution < 1.29 is 9.59 Å². The van der Waals surface area contributed by atoms with Gasteiger partial charge >= 0.3 is 0 Å². The highest BCUT2D eigenvalue weighted by Crippen LogP contribution is 2.14. The highest BCUT2D eigenvalue weighted by atomic mass is 16.2. The molecule has 0 aliphatic rings. The number of benzene rings is 2. The topological polar surface area (TPSA) is 94.0 Å². The first-order chi connectivity index (χ1) is 11.6. The Morgan fingerprint density at radius 1 is 0.917 bits per heavy atom. The fourth-order valence-electron chi connectivity index (χ4n) is 1.88. The van der Waals surface area contributed by atoms with Crippen molar-refractivity contribution in [2.24, 2.45) is 0 Å². The Kier molecular flexibility index (Phi) is 5.70. The van der Waals surface area contributed by atoms with Gasteiger partial charge in [0.05, 0.1) is 0 Å². The van der Waals surface area contributed by atoms with Crippen LogP contribution in [0.15, 0.2) is 66.4 Å². The third kappa shape index (κ3) is 5.00. The van der Waals surface area contributed by atoms with Gasteiger partial charge in [0.2, 0.25) is 5.91 Å². The van der Waals surface area contributed by atoms with Gasteiger partial charge in [0, 0.05) is 30.2 Å². The van der Waals surface area contributed by atoms with Crippen LogP contribution in [-0.4, -0.2) is 11.8 Å². The van der Waals surface area contributed by atoms with E-state index in [1.54, 1.807) is 48.5 Å². The van der Waals surface area contributed by atoms with Crippen LogP contribution in [0.2, 0.25) is 0 Å². The van der Waals surface area contributed by atoms with Crippen molar-refractivity contribution in [3.63, 3.8) is 0 Å². The van der Waals surface area contributed by atoms with E-state index >= 15 is 0 Å². The van der Waals surface area contributed by atoms with E-state index in [4.69, 9.17) is 5.26 Å². The average molecular weight is 320 g/mol. The molecule has 24 heavy (non-hydrogen) atoms. The highest BCUT2D eigenvalue weighted by molar-refractivity contribution is 6.06. The second kappa shape index (κ2) is 8.15. The molecule has 2 rings (SSSR count). The van der Waals surface area contributed by atoms with E-state index in [1.807, 2.05) is 12.1 Å². The lowest BCUT2D eigenvalue weighted by atomic mass is 10.2. The summed E-state index contributed by atoms with van der Waals surface area (Å²) in [6, 6.07) is 17.6. The number of nitrogens with one attached hydrogen (secondary N) is 3. The molecule has 0 aliphatic heterocycles. The molecule has 0 heterocycles. The van der Waals surface area contributed by atoms with Crippen LogP contribution in [0.4, 0.5) is 17.1 Å². The zero-order chi connectivity index (χ0) is 17.4. The number of nitrogens with zero attached hydrogens (tertiary/aromatic N) is 1. The normalized spacial score (nSPS) is 10.4. The van der Waals surface area contributed by atoms with Gasteiger partial charge in [-0.05, 0) is 36.4 Å². The minimum Gasteiger partial charge on any atom is -0.360 e. The Balaban J connectivity index is 2.01. The number of rotatable bonds is 5. The van der Waals surface area contributed by atoms with Gasteiger partial charge in [0.1, 0.15) is 11.6 Å². The van der Waals surface area contributed by atoms with Crippen LogP contribution in [0.1, 0.15) is 6.92 Å². The number of para-hydroxylation sites is 1. The van der Waals surface area contributed by atoms with E-state index in [-0.39, 0.29) is 11.5 Å². The van der Waals surface area contributed by atoms with Gasteiger partial charge in [0.25, 0.3) is 5.91 Å². The van der Waals surface area contributed by atoms with Crippen molar-refractivity contribution in [3.8, 4) is 6.07 Å². The van der Waals surface area contributed by atoms with Crippen LogP contribution in [-0.2, 0) is 9.59 Å². The van der Waals surface area contributed by atoms with Gasteiger partial charge in [-0.15, -0.1) is 0 Å². The van der Waals surface area contributed by atoms with E-state index in [1.165, 1.54) is 13.1 Å². The lowest BCUT2D eigenvalue weighted by molar-refractivity contribution is -0.114. The highest BCUT2D eigenvalue weighted by Gasteiger charge is 2.08. The molecule has 3 N–H and O–H groups in total. The first-order valence-corrected chi connectivity index (χ1v) is 7.19. The van der Waals surface area contributed by atoms with Crippen LogP contribution < -0.4 is 16.0 Å². The average Bonchev–Trinajstić information content (AvgIpc) is 2.57. The predicted molar refractivity (Wildman–Crippen MR) is 93.1 cm³/mol. The molecule has 0 aliphatic carbocycles. The molecule has 0 fully saturated rings. The SMILES string of the molecule is CC(=O)Nc1ccc(NC=C(C#N)C(=O)Nc2ccccc2)cc1. The maximum atomic E-state index is 12.1. The summed E-state index contributed by atoms with van der Waals surface area (Å²) < 4.78 is 0. The van der Waals surface area contributed by atoms with Crippen molar-refractivity contribution in [2.75, 3.05) is 16.0 Å². The van der Waals surface area contributed by atoms with Crippen LogP contribution in [0.5, 0.6) is 0 Å². The second-order valence-electron chi connectivity index (χ2n) is 4.89. The summed E-state index contributed by atoms with van der Waals surface area (Å²) in [5, 5.41) is 17.3. The molecule has 0 spiro atoms. The van der Waals surface area contributed by atoms with Crippen molar-refractivity contribution >= 4 is 28.9 Å². The molecule has 0 aromatic heterocycles. The molecule has 0 bridgehead atoms. The zero-order valence-corrected chi connectivity index (χ0v) is 13.0. The molecule has 2 aromatic rings. The molecule has 120 valence electrons. The van der Waals surface area contributed by atoms with E-state index in [2.05, 4.69) is 16.0 Å². The number of hydrogen-bond acceptors (Lipinski definition) is 4. The summed E-state index contributed by atoms with van der Waals surface area (Å²) in [7, 11) is 0. The van der Waals surface area contributed by atoms with Crippen LogP contribution >= 0.6 is 0 Å². The Morgan fingerprint density at radius 2 is 1.50 bits per heavy atom. The Morgan fingerprint density at radius 3 is 2.08 bits per heavy atom. The summed E-state index contributed by atoms with van der Waals surface area (Å²) >= 11 is 0. The quantitative estimate of drug-likeness (QED) is 0.583. The standard InChI is InChI=1S/C18H16N4O2/c1-13(23)21-17-9-7-15(8-10-17)20-12-14(11-19)18(24)22-16-5-3-2-4-6-16/h2-10,12,20H,1H3,(H,21,23)(H,22,24). The minimum absolute atomic E-state index is 0.0511. The maximum absolute atomic E-state index is 12.1. The molecular formula is C18H16N4O2. The number of anilines is 3. The lowest BCUT2D eigenvalue weighted by Gasteiger charge is -2.06. The summed E-state index contributed by atoms with van der Waals surface area (Å²) in [4.78, 5) is 23.0. The first-order valence-electron chi connectivity index (χ1n) is 7.19. The lowest BCUT2D eigenvalue weighted by Crippen LogP contribution is -2.14. The largest absolute Gasteiger partial charge is 0.360 e. The third-order valence-corrected chi connectivity index (χ3v) is 2.99. The number of hydrogen-bond donors (Lipinski definition) is 3.